The zero-order valence-electron chi connectivity index (χ0n) is 14.7. The molecule has 136 valence electrons. The van der Waals surface area contributed by atoms with Crippen LogP contribution in [0, 0.1) is 0 Å². The summed E-state index contributed by atoms with van der Waals surface area (Å²) in [7, 11) is 3.35. The number of nitrogens with one attached hydrogen (secondary N) is 3. The number of benzene rings is 1. The number of fused-ring (bicyclic) bond motifs is 2. The van der Waals surface area contributed by atoms with Crippen molar-refractivity contribution in [1.29, 1.82) is 0 Å². The van der Waals surface area contributed by atoms with E-state index in [1.165, 1.54) is 6.42 Å². The van der Waals surface area contributed by atoms with Gasteiger partial charge in [0.05, 0.1) is 25.4 Å². The summed E-state index contributed by atoms with van der Waals surface area (Å²) in [6.45, 7) is 1.11. The Morgan fingerprint density at radius 3 is 2.60 bits per heavy atom. The van der Waals surface area contributed by atoms with Crippen molar-refractivity contribution in [3.8, 4) is 5.75 Å². The lowest BCUT2D eigenvalue weighted by molar-refractivity contribution is 0.0954. The molecule has 1 amide bonds. The lowest BCUT2D eigenvalue weighted by Gasteiger charge is -2.22. The van der Waals surface area contributed by atoms with Gasteiger partial charge >= 0.3 is 0 Å². The van der Waals surface area contributed by atoms with Crippen molar-refractivity contribution in [2.24, 2.45) is 4.99 Å². The molecular weight excluding hydrogens is 320 g/mol. The first-order valence-electron chi connectivity index (χ1n) is 8.74. The fraction of sp³-hybridized carbons (Fsp3) is 0.556. The molecule has 2 aliphatic rings. The van der Waals surface area contributed by atoms with E-state index in [9.17, 15) is 4.79 Å². The summed E-state index contributed by atoms with van der Waals surface area (Å²) in [6.07, 6.45) is 4.05. The highest BCUT2D eigenvalue weighted by molar-refractivity contribution is 5.94. The van der Waals surface area contributed by atoms with E-state index in [1.807, 2.05) is 0 Å². The molecule has 25 heavy (non-hydrogen) atoms. The van der Waals surface area contributed by atoms with Gasteiger partial charge in [-0.2, -0.15) is 0 Å². The van der Waals surface area contributed by atoms with Gasteiger partial charge in [0.25, 0.3) is 5.91 Å². The molecule has 7 nitrogen and oxygen atoms in total. The van der Waals surface area contributed by atoms with Gasteiger partial charge in [-0.15, -0.1) is 0 Å². The highest BCUT2D eigenvalue weighted by Crippen LogP contribution is 2.34. The molecule has 3 atom stereocenters. The predicted octanol–water partition coefficient (Wildman–Crippen LogP) is 0.910. The third-order valence-corrected chi connectivity index (χ3v) is 4.71. The van der Waals surface area contributed by atoms with Gasteiger partial charge < -0.3 is 25.4 Å². The number of hydrogen-bond acceptors (Lipinski definition) is 4. The number of hydrogen-bond donors (Lipinski definition) is 3. The molecule has 0 spiro atoms. The molecule has 0 aliphatic carbocycles. The van der Waals surface area contributed by atoms with Gasteiger partial charge in [-0.3, -0.25) is 9.79 Å². The second-order valence-electron chi connectivity index (χ2n) is 6.34. The predicted molar refractivity (Wildman–Crippen MR) is 96.1 cm³/mol. The van der Waals surface area contributed by atoms with Crippen molar-refractivity contribution in [2.45, 2.75) is 37.5 Å². The highest BCUT2D eigenvalue weighted by atomic mass is 16.5. The van der Waals surface area contributed by atoms with Crippen LogP contribution < -0.4 is 20.7 Å². The summed E-state index contributed by atoms with van der Waals surface area (Å²) >= 11 is 0. The Hall–Kier alpha value is -2.28. The van der Waals surface area contributed by atoms with Crippen LogP contribution in [0.3, 0.4) is 0 Å². The van der Waals surface area contributed by atoms with Crippen LogP contribution in [-0.2, 0) is 4.74 Å². The maximum atomic E-state index is 12.1. The molecule has 2 fully saturated rings. The molecule has 2 bridgehead atoms. The van der Waals surface area contributed by atoms with Gasteiger partial charge in [-0.1, -0.05) is 0 Å². The van der Waals surface area contributed by atoms with Crippen LogP contribution in [0.4, 0.5) is 0 Å². The maximum Gasteiger partial charge on any atom is 0.251 e. The summed E-state index contributed by atoms with van der Waals surface area (Å²) in [4.78, 5) is 16.3. The van der Waals surface area contributed by atoms with E-state index in [4.69, 9.17) is 9.47 Å². The molecule has 2 saturated heterocycles. The minimum absolute atomic E-state index is 0.103. The summed E-state index contributed by atoms with van der Waals surface area (Å²) in [5.41, 5.74) is 0.613. The standard InChI is InChI=1S/C18H26N4O3/c1-19-18(22-15-11-14-7-8-16(15)25-14)21-10-9-20-17(23)12-3-5-13(24-2)6-4-12/h3-6,14-16H,7-11H2,1-2H3,(H,20,23)(H2,19,21,22). The molecule has 1 aromatic carbocycles. The molecule has 3 N–H and O–H groups in total. The Morgan fingerprint density at radius 1 is 1.24 bits per heavy atom. The lowest BCUT2D eigenvalue weighted by Crippen LogP contribution is -2.48. The van der Waals surface area contributed by atoms with E-state index in [2.05, 4.69) is 20.9 Å². The van der Waals surface area contributed by atoms with Crippen molar-refractivity contribution in [1.82, 2.24) is 16.0 Å². The van der Waals surface area contributed by atoms with E-state index in [1.54, 1.807) is 38.4 Å². The number of guanidine groups is 1. The fourth-order valence-electron chi connectivity index (χ4n) is 3.36. The van der Waals surface area contributed by atoms with Gasteiger partial charge in [-0.05, 0) is 43.5 Å². The van der Waals surface area contributed by atoms with Crippen LogP contribution in [0.15, 0.2) is 29.3 Å². The topological polar surface area (TPSA) is 84.0 Å². The Balaban J connectivity index is 1.37. The third-order valence-electron chi connectivity index (χ3n) is 4.71. The van der Waals surface area contributed by atoms with Gasteiger partial charge in [0.1, 0.15) is 5.75 Å². The molecule has 3 rings (SSSR count). The van der Waals surface area contributed by atoms with Gasteiger partial charge in [0, 0.05) is 25.7 Å². The number of carbonyl (C=O) groups excluding carboxylic acids is 1. The van der Waals surface area contributed by atoms with Crippen LogP contribution >= 0.6 is 0 Å². The number of aliphatic imine (C=N–C) groups is 1. The van der Waals surface area contributed by atoms with Crippen molar-refractivity contribution in [3.63, 3.8) is 0 Å². The average molecular weight is 346 g/mol. The van der Waals surface area contributed by atoms with Gasteiger partial charge in [-0.25, -0.2) is 0 Å². The number of nitrogens with zero attached hydrogens (tertiary/aromatic N) is 1. The summed E-state index contributed by atoms with van der Waals surface area (Å²) in [5, 5.41) is 9.53. The molecule has 2 heterocycles. The fourth-order valence-corrected chi connectivity index (χ4v) is 3.36. The van der Waals surface area contributed by atoms with Crippen LogP contribution in [0.5, 0.6) is 5.75 Å². The van der Waals surface area contributed by atoms with E-state index in [0.717, 1.165) is 24.6 Å². The maximum absolute atomic E-state index is 12.1. The molecule has 7 heteroatoms. The zero-order chi connectivity index (χ0) is 17.6. The minimum atomic E-state index is -0.103. The van der Waals surface area contributed by atoms with Crippen molar-refractivity contribution in [3.05, 3.63) is 29.8 Å². The van der Waals surface area contributed by atoms with E-state index in [0.29, 0.717) is 36.9 Å². The Labute approximate surface area is 148 Å². The minimum Gasteiger partial charge on any atom is -0.497 e. The molecule has 1 aromatic rings. The Bertz CT molecular complexity index is 617. The quantitative estimate of drug-likeness (QED) is 0.405. The molecule has 3 unspecified atom stereocenters. The number of amides is 1. The number of ether oxygens (including phenoxy) is 2. The van der Waals surface area contributed by atoms with E-state index < -0.39 is 0 Å². The second kappa shape index (κ2) is 8.20. The van der Waals surface area contributed by atoms with Crippen molar-refractivity contribution < 1.29 is 14.3 Å². The van der Waals surface area contributed by atoms with Crippen molar-refractivity contribution in [2.75, 3.05) is 27.2 Å². The first-order chi connectivity index (χ1) is 12.2. The molecule has 0 saturated carbocycles. The first kappa shape index (κ1) is 17.5. The number of carbonyl (C=O) groups is 1. The van der Waals surface area contributed by atoms with Gasteiger partial charge in [0.15, 0.2) is 5.96 Å². The SMILES string of the molecule is CN=C(NCCNC(=O)c1ccc(OC)cc1)NC1CC2CCC1O2. The van der Waals surface area contributed by atoms with Crippen LogP contribution in [0.25, 0.3) is 0 Å². The smallest absolute Gasteiger partial charge is 0.251 e. The summed E-state index contributed by atoms with van der Waals surface area (Å²) in [5.74, 6) is 1.38. The summed E-state index contributed by atoms with van der Waals surface area (Å²) < 4.78 is 10.9. The molecule has 0 radical (unpaired) electrons. The number of rotatable bonds is 6. The van der Waals surface area contributed by atoms with Crippen molar-refractivity contribution >= 4 is 11.9 Å². The molecule has 2 aliphatic heterocycles. The highest BCUT2D eigenvalue weighted by Gasteiger charge is 2.41. The number of methoxy groups -OCH3 is 1. The van der Waals surface area contributed by atoms with E-state index in [-0.39, 0.29) is 5.91 Å². The van der Waals surface area contributed by atoms with Crippen LogP contribution in [-0.4, -0.2) is 57.4 Å². The van der Waals surface area contributed by atoms with Crippen LogP contribution in [0.1, 0.15) is 29.6 Å². The average Bonchev–Trinajstić information content (AvgIpc) is 3.27. The molecule has 0 aromatic heterocycles. The van der Waals surface area contributed by atoms with Crippen LogP contribution in [0.2, 0.25) is 0 Å². The Kier molecular flexibility index (Phi) is 5.75. The monoisotopic (exact) mass is 346 g/mol. The largest absolute Gasteiger partial charge is 0.497 e. The molecular formula is C18H26N4O3. The van der Waals surface area contributed by atoms with E-state index >= 15 is 0 Å². The third kappa shape index (κ3) is 4.42. The Morgan fingerprint density at radius 2 is 2.00 bits per heavy atom. The van der Waals surface area contributed by atoms with Gasteiger partial charge in [0.2, 0.25) is 0 Å². The summed E-state index contributed by atoms with van der Waals surface area (Å²) in [6, 6.07) is 7.37. The lowest BCUT2D eigenvalue weighted by atomic mass is 9.96. The first-order valence-corrected chi connectivity index (χ1v) is 8.74. The zero-order valence-corrected chi connectivity index (χ0v) is 14.7. The second-order valence-corrected chi connectivity index (χ2v) is 6.34. The normalized spacial score (nSPS) is 24.9.